The Kier molecular flexibility index (Phi) is 6.92. The Morgan fingerprint density at radius 2 is 2.00 bits per heavy atom. The van der Waals surface area contributed by atoms with E-state index in [2.05, 4.69) is 26.6 Å². The lowest BCUT2D eigenvalue weighted by Gasteiger charge is -2.16. The fourth-order valence-corrected chi connectivity index (χ4v) is 3.11. The average Bonchev–Trinajstić information content (AvgIpc) is 2.55. The molecule has 0 aliphatic carbocycles. The molecule has 0 radical (unpaired) electrons. The Morgan fingerprint density at radius 3 is 2.62 bits per heavy atom. The first-order valence-electron chi connectivity index (χ1n) is 7.22. The molecule has 0 aliphatic heterocycles. The zero-order valence-corrected chi connectivity index (χ0v) is 16.3. The van der Waals surface area contributed by atoms with Gasteiger partial charge in [-0.05, 0) is 58.7 Å². The van der Waals surface area contributed by atoms with E-state index in [4.69, 9.17) is 27.9 Å². The van der Waals surface area contributed by atoms with Gasteiger partial charge in [0, 0.05) is 11.1 Å². The normalized spacial score (nSPS) is 11.9. The van der Waals surface area contributed by atoms with Gasteiger partial charge >= 0.3 is 0 Å². The summed E-state index contributed by atoms with van der Waals surface area (Å²) in [5.74, 6) is 0.583. The zero-order valence-electron chi connectivity index (χ0n) is 13.2. The van der Waals surface area contributed by atoms with Crippen molar-refractivity contribution in [2.75, 3.05) is 19.0 Å². The van der Waals surface area contributed by atoms with Gasteiger partial charge in [0.2, 0.25) is 5.91 Å². The molecular weight excluding hydrogens is 415 g/mol. The maximum Gasteiger partial charge on any atom is 0.238 e. The number of methoxy groups -OCH3 is 1. The molecule has 7 heteroatoms. The first-order valence-corrected chi connectivity index (χ1v) is 8.77. The van der Waals surface area contributed by atoms with Crippen molar-refractivity contribution in [3.8, 4) is 5.75 Å². The van der Waals surface area contributed by atoms with Crippen molar-refractivity contribution in [2.45, 2.75) is 13.0 Å². The number of carbonyl (C=O) groups excluding carboxylic acids is 1. The number of carbonyl (C=O) groups is 1. The summed E-state index contributed by atoms with van der Waals surface area (Å²) in [5, 5.41) is 6.85. The number of rotatable bonds is 6. The van der Waals surface area contributed by atoms with Crippen LogP contribution in [0, 0.1) is 0 Å². The number of ether oxygens (including phenoxy) is 1. The predicted octanol–water partition coefficient (Wildman–Crippen LogP) is 5.05. The molecule has 0 bridgehead atoms. The number of amides is 1. The SMILES string of the molecule is COc1ccc(C(C)NCC(=O)Nc2ccc(Cl)cc2Cl)cc1Br. The van der Waals surface area contributed by atoms with Crippen LogP contribution in [-0.4, -0.2) is 19.6 Å². The summed E-state index contributed by atoms with van der Waals surface area (Å²) in [4.78, 5) is 12.1. The number of benzene rings is 2. The second-order valence-electron chi connectivity index (χ2n) is 5.17. The van der Waals surface area contributed by atoms with Gasteiger partial charge in [-0.25, -0.2) is 0 Å². The molecule has 0 heterocycles. The van der Waals surface area contributed by atoms with Crippen LogP contribution in [0.1, 0.15) is 18.5 Å². The summed E-state index contributed by atoms with van der Waals surface area (Å²) in [6.45, 7) is 2.14. The largest absolute Gasteiger partial charge is 0.496 e. The smallest absolute Gasteiger partial charge is 0.238 e. The molecule has 2 N–H and O–H groups in total. The van der Waals surface area contributed by atoms with Gasteiger partial charge < -0.3 is 15.4 Å². The van der Waals surface area contributed by atoms with E-state index in [1.54, 1.807) is 25.3 Å². The number of hydrogen-bond donors (Lipinski definition) is 2. The van der Waals surface area contributed by atoms with Crippen molar-refractivity contribution in [1.29, 1.82) is 0 Å². The number of hydrogen-bond acceptors (Lipinski definition) is 3. The number of halogens is 3. The van der Waals surface area contributed by atoms with Crippen molar-refractivity contribution in [2.24, 2.45) is 0 Å². The van der Waals surface area contributed by atoms with E-state index in [1.807, 2.05) is 25.1 Å². The van der Waals surface area contributed by atoms with Gasteiger partial charge in [0.25, 0.3) is 0 Å². The topological polar surface area (TPSA) is 50.4 Å². The summed E-state index contributed by atoms with van der Waals surface area (Å²) < 4.78 is 6.08. The van der Waals surface area contributed by atoms with E-state index in [-0.39, 0.29) is 18.5 Å². The predicted molar refractivity (Wildman–Crippen MR) is 102 cm³/mol. The third kappa shape index (κ3) is 5.11. The zero-order chi connectivity index (χ0) is 17.7. The van der Waals surface area contributed by atoms with E-state index < -0.39 is 0 Å². The molecule has 0 fully saturated rings. The summed E-state index contributed by atoms with van der Waals surface area (Å²) in [7, 11) is 1.62. The summed E-state index contributed by atoms with van der Waals surface area (Å²) >= 11 is 15.3. The van der Waals surface area contributed by atoms with E-state index in [0.29, 0.717) is 15.7 Å². The fraction of sp³-hybridized carbons (Fsp3) is 0.235. The quantitative estimate of drug-likeness (QED) is 0.672. The Hall–Kier alpha value is -1.27. The minimum atomic E-state index is -0.182. The Labute approximate surface area is 159 Å². The molecule has 1 atom stereocenters. The highest BCUT2D eigenvalue weighted by Gasteiger charge is 2.11. The molecule has 2 aromatic rings. The van der Waals surface area contributed by atoms with Gasteiger partial charge in [-0.15, -0.1) is 0 Å². The molecule has 1 unspecified atom stereocenters. The van der Waals surface area contributed by atoms with Gasteiger partial charge in [0.05, 0.1) is 28.8 Å². The fourth-order valence-electron chi connectivity index (χ4n) is 2.10. The van der Waals surface area contributed by atoms with E-state index in [1.165, 1.54) is 0 Å². The van der Waals surface area contributed by atoms with Crippen molar-refractivity contribution in [1.82, 2.24) is 5.32 Å². The third-order valence-electron chi connectivity index (χ3n) is 3.45. The number of nitrogens with one attached hydrogen (secondary N) is 2. The van der Waals surface area contributed by atoms with Crippen molar-refractivity contribution in [3.05, 3.63) is 56.5 Å². The molecule has 0 saturated carbocycles. The molecule has 2 aromatic carbocycles. The third-order valence-corrected chi connectivity index (χ3v) is 4.62. The Morgan fingerprint density at radius 1 is 1.25 bits per heavy atom. The highest BCUT2D eigenvalue weighted by atomic mass is 79.9. The van der Waals surface area contributed by atoms with Crippen molar-refractivity contribution >= 4 is 50.7 Å². The van der Waals surface area contributed by atoms with Crippen molar-refractivity contribution in [3.63, 3.8) is 0 Å². The molecule has 0 saturated heterocycles. The lowest BCUT2D eigenvalue weighted by Crippen LogP contribution is -2.30. The van der Waals surface area contributed by atoms with Gasteiger partial charge in [0.1, 0.15) is 5.75 Å². The van der Waals surface area contributed by atoms with Crippen LogP contribution >= 0.6 is 39.1 Å². The molecule has 4 nitrogen and oxygen atoms in total. The Balaban J connectivity index is 1.92. The van der Waals surface area contributed by atoms with Crippen LogP contribution < -0.4 is 15.4 Å². The maximum atomic E-state index is 12.1. The first-order chi connectivity index (χ1) is 11.4. The average molecular weight is 432 g/mol. The van der Waals surface area contributed by atoms with E-state index in [9.17, 15) is 4.79 Å². The molecule has 2 rings (SSSR count). The number of anilines is 1. The summed E-state index contributed by atoms with van der Waals surface area (Å²) in [6, 6.07) is 10.7. The standard InChI is InChI=1S/C17H17BrCl2N2O2/c1-10(11-3-6-16(24-2)13(18)7-11)21-9-17(23)22-15-5-4-12(19)8-14(15)20/h3-8,10,21H,9H2,1-2H3,(H,22,23). The van der Waals surface area contributed by atoms with Crippen LogP contribution in [0.15, 0.2) is 40.9 Å². The monoisotopic (exact) mass is 430 g/mol. The first kappa shape index (κ1) is 19.1. The molecule has 128 valence electrons. The van der Waals surface area contributed by atoms with Crippen LogP contribution in [0.2, 0.25) is 10.0 Å². The van der Waals surface area contributed by atoms with E-state index in [0.717, 1.165) is 15.8 Å². The van der Waals surface area contributed by atoms with Crippen molar-refractivity contribution < 1.29 is 9.53 Å². The van der Waals surface area contributed by atoms with Crippen LogP contribution in [0.4, 0.5) is 5.69 Å². The van der Waals surface area contributed by atoms with Crippen LogP contribution in [0.3, 0.4) is 0 Å². The molecular formula is C17H17BrCl2N2O2. The molecule has 0 spiro atoms. The molecule has 0 aromatic heterocycles. The second-order valence-corrected chi connectivity index (χ2v) is 6.87. The van der Waals surface area contributed by atoms with Gasteiger partial charge in [-0.2, -0.15) is 0 Å². The lowest BCUT2D eigenvalue weighted by molar-refractivity contribution is -0.115. The molecule has 24 heavy (non-hydrogen) atoms. The van der Waals surface area contributed by atoms with Crippen LogP contribution in [0.5, 0.6) is 5.75 Å². The Bertz CT molecular complexity index is 741. The lowest BCUT2D eigenvalue weighted by atomic mass is 10.1. The minimum Gasteiger partial charge on any atom is -0.496 e. The maximum absolute atomic E-state index is 12.1. The van der Waals surface area contributed by atoms with Gasteiger partial charge in [-0.3, -0.25) is 4.79 Å². The highest BCUT2D eigenvalue weighted by Crippen LogP contribution is 2.28. The van der Waals surface area contributed by atoms with E-state index >= 15 is 0 Å². The minimum absolute atomic E-state index is 0.00125. The van der Waals surface area contributed by atoms with Crippen LogP contribution in [-0.2, 0) is 4.79 Å². The van der Waals surface area contributed by atoms with Gasteiger partial charge in [0.15, 0.2) is 0 Å². The molecule has 1 amide bonds. The van der Waals surface area contributed by atoms with Crippen LogP contribution in [0.25, 0.3) is 0 Å². The molecule has 0 aliphatic rings. The van der Waals surface area contributed by atoms with Gasteiger partial charge in [-0.1, -0.05) is 29.3 Å². The summed E-state index contributed by atoms with van der Waals surface area (Å²) in [5.41, 5.74) is 1.58. The summed E-state index contributed by atoms with van der Waals surface area (Å²) in [6.07, 6.45) is 0. The second kappa shape index (κ2) is 8.72. The highest BCUT2D eigenvalue weighted by molar-refractivity contribution is 9.10.